The Morgan fingerprint density at radius 1 is 1.12 bits per heavy atom. The first-order valence-corrected chi connectivity index (χ1v) is 7.41. The first-order valence-electron chi connectivity index (χ1n) is 7.41. The number of carbonyl (C=O) groups is 1. The van der Waals surface area contributed by atoms with Gasteiger partial charge in [-0.25, -0.2) is 4.79 Å². The number of nitriles is 1. The summed E-state index contributed by atoms with van der Waals surface area (Å²) < 4.78 is 15.9. The molecule has 1 aromatic heterocycles. The second-order valence-corrected chi connectivity index (χ2v) is 5.09. The molecule has 0 bridgehead atoms. The van der Waals surface area contributed by atoms with Crippen molar-refractivity contribution in [2.75, 3.05) is 0 Å². The summed E-state index contributed by atoms with van der Waals surface area (Å²) in [4.78, 5) is 12.1. The molecular formula is C18H13N3O4. The lowest BCUT2D eigenvalue weighted by atomic mass is 10.2. The number of carbonyl (C=O) groups excluding carboxylic acids is 1. The maximum atomic E-state index is 12.1. The van der Waals surface area contributed by atoms with Gasteiger partial charge in [0.25, 0.3) is 0 Å². The smallest absolute Gasteiger partial charge is 0.352 e. The maximum absolute atomic E-state index is 12.1. The van der Waals surface area contributed by atoms with Crippen molar-refractivity contribution in [3.05, 3.63) is 60.5 Å². The molecule has 1 heterocycles. The summed E-state index contributed by atoms with van der Waals surface area (Å²) in [5, 5.41) is 16.2. The molecule has 0 amide bonds. The van der Waals surface area contributed by atoms with Crippen molar-refractivity contribution in [3.63, 3.8) is 0 Å². The highest BCUT2D eigenvalue weighted by atomic mass is 16.6. The third-order valence-corrected chi connectivity index (χ3v) is 3.31. The summed E-state index contributed by atoms with van der Waals surface area (Å²) >= 11 is 0. The Labute approximate surface area is 143 Å². The molecule has 0 aliphatic rings. The quantitative estimate of drug-likeness (QED) is 0.522. The SMILES string of the molecule is C[C@H](Oc1ccc(C#N)cc1)C(=O)Oc1ccc(-c2nnco2)cc1. The van der Waals surface area contributed by atoms with Gasteiger partial charge in [-0.2, -0.15) is 5.26 Å². The molecule has 0 saturated heterocycles. The van der Waals surface area contributed by atoms with Gasteiger partial charge in [0.05, 0.1) is 11.6 Å². The highest BCUT2D eigenvalue weighted by Crippen LogP contribution is 2.21. The number of hydrogen-bond acceptors (Lipinski definition) is 7. The summed E-state index contributed by atoms with van der Waals surface area (Å²) in [7, 11) is 0. The molecule has 0 saturated carbocycles. The van der Waals surface area contributed by atoms with Crippen LogP contribution in [0.1, 0.15) is 12.5 Å². The number of nitrogens with zero attached hydrogens (tertiary/aromatic N) is 3. The molecule has 0 fully saturated rings. The summed E-state index contributed by atoms with van der Waals surface area (Å²) in [5.74, 6) is 0.712. The van der Waals surface area contributed by atoms with Crippen molar-refractivity contribution in [3.8, 4) is 29.0 Å². The van der Waals surface area contributed by atoms with Crippen LogP contribution in [0.2, 0.25) is 0 Å². The van der Waals surface area contributed by atoms with Gasteiger partial charge in [0, 0.05) is 5.56 Å². The van der Waals surface area contributed by atoms with E-state index in [1.807, 2.05) is 6.07 Å². The molecule has 124 valence electrons. The highest BCUT2D eigenvalue weighted by Gasteiger charge is 2.17. The normalized spacial score (nSPS) is 11.4. The zero-order valence-electron chi connectivity index (χ0n) is 13.2. The molecule has 0 radical (unpaired) electrons. The van der Waals surface area contributed by atoms with E-state index in [9.17, 15) is 4.79 Å². The van der Waals surface area contributed by atoms with Crippen LogP contribution in [0, 0.1) is 11.3 Å². The van der Waals surface area contributed by atoms with Gasteiger partial charge in [-0.05, 0) is 55.5 Å². The van der Waals surface area contributed by atoms with Gasteiger partial charge in [0.15, 0.2) is 6.10 Å². The molecule has 2 aromatic carbocycles. The summed E-state index contributed by atoms with van der Waals surface area (Å²) in [6.45, 7) is 1.59. The first-order chi connectivity index (χ1) is 12.2. The average molecular weight is 335 g/mol. The fourth-order valence-corrected chi connectivity index (χ4v) is 2.02. The average Bonchev–Trinajstić information content (AvgIpc) is 3.17. The number of ether oxygens (including phenoxy) is 2. The monoisotopic (exact) mass is 335 g/mol. The summed E-state index contributed by atoms with van der Waals surface area (Å²) in [5.41, 5.74) is 1.24. The van der Waals surface area contributed by atoms with Crippen LogP contribution in [0.3, 0.4) is 0 Å². The van der Waals surface area contributed by atoms with Crippen LogP contribution in [0.15, 0.2) is 59.3 Å². The Balaban J connectivity index is 1.60. The van der Waals surface area contributed by atoms with Gasteiger partial charge < -0.3 is 13.9 Å². The number of hydrogen-bond donors (Lipinski definition) is 0. The number of rotatable bonds is 5. The zero-order valence-corrected chi connectivity index (χ0v) is 13.2. The van der Waals surface area contributed by atoms with Crippen molar-refractivity contribution < 1.29 is 18.7 Å². The minimum absolute atomic E-state index is 0.378. The Kier molecular flexibility index (Phi) is 4.72. The molecule has 1 atom stereocenters. The van der Waals surface area contributed by atoms with Crippen LogP contribution in [0.25, 0.3) is 11.5 Å². The molecule has 3 aromatic rings. The van der Waals surface area contributed by atoms with E-state index in [-0.39, 0.29) is 0 Å². The minimum atomic E-state index is -0.802. The van der Waals surface area contributed by atoms with Gasteiger partial charge in [-0.3, -0.25) is 0 Å². The zero-order chi connectivity index (χ0) is 17.6. The number of esters is 1. The second kappa shape index (κ2) is 7.27. The third-order valence-electron chi connectivity index (χ3n) is 3.31. The molecule has 0 aliphatic carbocycles. The predicted octanol–water partition coefficient (Wildman–Crippen LogP) is 2.98. The van der Waals surface area contributed by atoms with Gasteiger partial charge in [-0.1, -0.05) is 0 Å². The lowest BCUT2D eigenvalue weighted by molar-refractivity contribution is -0.141. The van der Waals surface area contributed by atoms with Crippen LogP contribution in [-0.4, -0.2) is 22.3 Å². The van der Waals surface area contributed by atoms with E-state index < -0.39 is 12.1 Å². The van der Waals surface area contributed by atoms with Crippen LogP contribution < -0.4 is 9.47 Å². The van der Waals surface area contributed by atoms with E-state index in [4.69, 9.17) is 19.2 Å². The molecule has 25 heavy (non-hydrogen) atoms. The van der Waals surface area contributed by atoms with E-state index in [2.05, 4.69) is 10.2 Å². The van der Waals surface area contributed by atoms with E-state index in [0.29, 0.717) is 23.0 Å². The molecule has 0 unspecified atom stereocenters. The minimum Gasteiger partial charge on any atom is -0.479 e. The lowest BCUT2D eigenvalue weighted by Crippen LogP contribution is -2.28. The predicted molar refractivity (Wildman–Crippen MR) is 86.6 cm³/mol. The highest BCUT2D eigenvalue weighted by molar-refractivity contribution is 5.77. The summed E-state index contributed by atoms with van der Waals surface area (Å²) in [6, 6.07) is 15.2. The van der Waals surface area contributed by atoms with Crippen molar-refractivity contribution in [2.24, 2.45) is 0 Å². The van der Waals surface area contributed by atoms with Gasteiger partial charge in [0.1, 0.15) is 11.5 Å². The molecule has 0 spiro atoms. The fourth-order valence-electron chi connectivity index (χ4n) is 2.02. The summed E-state index contributed by atoms with van der Waals surface area (Å²) in [6.07, 6.45) is 0.439. The topological polar surface area (TPSA) is 98.2 Å². The van der Waals surface area contributed by atoms with E-state index in [0.717, 1.165) is 5.56 Å². The number of benzene rings is 2. The fraction of sp³-hybridized carbons (Fsp3) is 0.111. The van der Waals surface area contributed by atoms with Crippen LogP contribution in [0.4, 0.5) is 0 Å². The molecule has 7 nitrogen and oxygen atoms in total. The van der Waals surface area contributed by atoms with Crippen LogP contribution in [0.5, 0.6) is 11.5 Å². The largest absolute Gasteiger partial charge is 0.479 e. The van der Waals surface area contributed by atoms with Crippen LogP contribution in [-0.2, 0) is 4.79 Å². The van der Waals surface area contributed by atoms with E-state index in [1.165, 1.54) is 6.39 Å². The van der Waals surface area contributed by atoms with Crippen molar-refractivity contribution >= 4 is 5.97 Å². The standard InChI is InChI=1S/C18H13N3O4/c1-12(24-15-6-2-13(10-19)3-7-15)18(22)25-16-8-4-14(5-9-16)17-21-20-11-23-17/h2-9,11-12H,1H3/t12-/m0/s1. The first kappa shape index (κ1) is 16.2. The van der Waals surface area contributed by atoms with Crippen molar-refractivity contribution in [1.82, 2.24) is 10.2 Å². The van der Waals surface area contributed by atoms with Crippen molar-refractivity contribution in [1.29, 1.82) is 5.26 Å². The second-order valence-electron chi connectivity index (χ2n) is 5.09. The third kappa shape index (κ3) is 4.00. The molecule has 0 aliphatic heterocycles. The Hall–Kier alpha value is -3.66. The molecular weight excluding hydrogens is 322 g/mol. The van der Waals surface area contributed by atoms with Crippen molar-refractivity contribution in [2.45, 2.75) is 13.0 Å². The number of aromatic nitrogens is 2. The molecule has 7 heteroatoms. The Morgan fingerprint density at radius 2 is 1.80 bits per heavy atom. The van der Waals surface area contributed by atoms with Gasteiger partial charge in [0.2, 0.25) is 12.3 Å². The lowest BCUT2D eigenvalue weighted by Gasteiger charge is -2.13. The molecule has 0 N–H and O–H groups in total. The van der Waals surface area contributed by atoms with E-state index >= 15 is 0 Å². The molecule has 3 rings (SSSR count). The Bertz CT molecular complexity index is 882. The van der Waals surface area contributed by atoms with E-state index in [1.54, 1.807) is 55.5 Å². The van der Waals surface area contributed by atoms with Gasteiger partial charge >= 0.3 is 5.97 Å². The Morgan fingerprint density at radius 3 is 2.40 bits per heavy atom. The van der Waals surface area contributed by atoms with Gasteiger partial charge in [-0.15, -0.1) is 10.2 Å². The maximum Gasteiger partial charge on any atom is 0.352 e. The van der Waals surface area contributed by atoms with Crippen LogP contribution >= 0.6 is 0 Å².